The van der Waals surface area contributed by atoms with E-state index in [1.54, 1.807) is 0 Å². The minimum absolute atomic E-state index is 0. The molecule has 0 radical (unpaired) electrons. The summed E-state index contributed by atoms with van der Waals surface area (Å²) in [5, 5.41) is 14.0. The maximum absolute atomic E-state index is 12.7. The first-order valence-corrected chi connectivity index (χ1v) is 8.38. The second kappa shape index (κ2) is 7.87. The van der Waals surface area contributed by atoms with Crippen molar-refractivity contribution in [1.82, 2.24) is 9.62 Å². The normalized spacial score (nSPS) is 19.4. The van der Waals surface area contributed by atoms with Crippen molar-refractivity contribution in [3.05, 3.63) is 34.4 Å². The predicted molar refractivity (Wildman–Crippen MR) is 85.8 cm³/mol. The number of hydrogen-bond acceptors (Lipinski definition) is 5. The van der Waals surface area contributed by atoms with Crippen molar-refractivity contribution in [3.63, 3.8) is 0 Å². The molecule has 1 aliphatic heterocycles. The third-order valence-electron chi connectivity index (χ3n) is 3.55. The molecule has 1 aromatic rings. The molecule has 0 aliphatic carbocycles. The quantitative estimate of drug-likeness (QED) is 0.646. The number of sulfonamides is 1. The van der Waals surface area contributed by atoms with E-state index in [9.17, 15) is 18.5 Å². The molecule has 1 N–H and O–H groups in total. The first kappa shape index (κ1) is 18.8. The van der Waals surface area contributed by atoms with Crippen LogP contribution >= 0.6 is 12.4 Å². The van der Waals surface area contributed by atoms with Crippen LogP contribution in [0.25, 0.3) is 0 Å². The molecule has 22 heavy (non-hydrogen) atoms. The van der Waals surface area contributed by atoms with Gasteiger partial charge < -0.3 is 5.32 Å². The molecule has 0 amide bonds. The number of halogens is 1. The largest absolute Gasteiger partial charge is 0.314 e. The Hall–Kier alpha value is -1.22. The van der Waals surface area contributed by atoms with E-state index in [2.05, 4.69) is 5.32 Å². The molecule has 0 spiro atoms. The van der Waals surface area contributed by atoms with Gasteiger partial charge in [0.1, 0.15) is 0 Å². The lowest BCUT2D eigenvalue weighted by Gasteiger charge is -2.35. The third-order valence-corrected chi connectivity index (χ3v) is 5.50. The van der Waals surface area contributed by atoms with E-state index in [1.165, 1.54) is 22.5 Å². The van der Waals surface area contributed by atoms with Gasteiger partial charge in [-0.25, -0.2) is 8.42 Å². The molecule has 1 aromatic carbocycles. The number of nitro benzene ring substituents is 1. The van der Waals surface area contributed by atoms with Crippen molar-refractivity contribution >= 4 is 28.1 Å². The van der Waals surface area contributed by atoms with Crippen LogP contribution in [0.2, 0.25) is 0 Å². The summed E-state index contributed by atoms with van der Waals surface area (Å²) in [5.74, 6) is 0. The highest BCUT2D eigenvalue weighted by atomic mass is 35.5. The Bertz CT molecular complexity index is 621. The van der Waals surface area contributed by atoms with Gasteiger partial charge in [0.05, 0.1) is 9.82 Å². The van der Waals surface area contributed by atoms with Crippen LogP contribution in [-0.2, 0) is 10.0 Å². The van der Waals surface area contributed by atoms with E-state index in [1.807, 2.05) is 6.92 Å². The van der Waals surface area contributed by atoms with Gasteiger partial charge in [-0.3, -0.25) is 10.1 Å². The van der Waals surface area contributed by atoms with Crippen molar-refractivity contribution in [1.29, 1.82) is 0 Å². The molecule has 1 heterocycles. The zero-order valence-electron chi connectivity index (χ0n) is 12.3. The van der Waals surface area contributed by atoms with E-state index in [0.717, 1.165) is 18.9 Å². The minimum atomic E-state index is -3.70. The Morgan fingerprint density at radius 3 is 2.82 bits per heavy atom. The van der Waals surface area contributed by atoms with Crippen molar-refractivity contribution in [2.45, 2.75) is 30.7 Å². The van der Waals surface area contributed by atoms with E-state index < -0.39 is 14.9 Å². The molecule has 2 rings (SSSR count). The Morgan fingerprint density at radius 2 is 2.18 bits per heavy atom. The van der Waals surface area contributed by atoms with Gasteiger partial charge in [-0.15, -0.1) is 12.4 Å². The second-order valence-corrected chi connectivity index (χ2v) is 6.91. The summed E-state index contributed by atoms with van der Waals surface area (Å²) in [4.78, 5) is 10.2. The zero-order chi connectivity index (χ0) is 15.5. The van der Waals surface area contributed by atoms with Crippen molar-refractivity contribution in [3.8, 4) is 0 Å². The molecule has 1 fully saturated rings. The number of non-ortho nitro benzene ring substituents is 1. The molecule has 0 aromatic heterocycles. The zero-order valence-corrected chi connectivity index (χ0v) is 13.9. The lowest BCUT2D eigenvalue weighted by atomic mass is 10.1. The highest BCUT2D eigenvalue weighted by molar-refractivity contribution is 7.89. The first-order chi connectivity index (χ1) is 9.96. The fourth-order valence-electron chi connectivity index (χ4n) is 2.53. The van der Waals surface area contributed by atoms with Gasteiger partial charge >= 0.3 is 0 Å². The van der Waals surface area contributed by atoms with E-state index in [-0.39, 0.29) is 29.0 Å². The molecule has 0 bridgehead atoms. The van der Waals surface area contributed by atoms with E-state index in [0.29, 0.717) is 19.6 Å². The third kappa shape index (κ3) is 3.95. The molecule has 9 heteroatoms. The molecule has 0 saturated carbocycles. The summed E-state index contributed by atoms with van der Waals surface area (Å²) in [7, 11) is -3.70. The van der Waals surface area contributed by atoms with Crippen molar-refractivity contribution < 1.29 is 13.3 Å². The van der Waals surface area contributed by atoms with E-state index in [4.69, 9.17) is 0 Å². The summed E-state index contributed by atoms with van der Waals surface area (Å²) in [6.45, 7) is 3.60. The van der Waals surface area contributed by atoms with Gasteiger partial charge in [0, 0.05) is 37.8 Å². The van der Waals surface area contributed by atoms with Gasteiger partial charge in [0.15, 0.2) is 0 Å². The summed E-state index contributed by atoms with van der Waals surface area (Å²) in [6.07, 6.45) is 1.65. The van der Waals surface area contributed by atoms with Crippen LogP contribution in [0.15, 0.2) is 29.2 Å². The van der Waals surface area contributed by atoms with Crippen LogP contribution in [-0.4, -0.2) is 43.3 Å². The van der Waals surface area contributed by atoms with Crippen LogP contribution in [0.5, 0.6) is 0 Å². The number of rotatable bonds is 5. The van der Waals surface area contributed by atoms with Gasteiger partial charge in [0.25, 0.3) is 5.69 Å². The molecule has 1 aliphatic rings. The molecular formula is C13H20ClN3O4S. The number of nitro groups is 1. The predicted octanol–water partition coefficient (Wildman–Crippen LogP) is 1.78. The summed E-state index contributed by atoms with van der Waals surface area (Å²) >= 11 is 0. The number of piperazine rings is 1. The fourth-order valence-corrected chi connectivity index (χ4v) is 4.23. The molecule has 7 nitrogen and oxygen atoms in total. The van der Waals surface area contributed by atoms with Crippen molar-refractivity contribution in [2.24, 2.45) is 0 Å². The molecule has 1 unspecified atom stereocenters. The highest BCUT2D eigenvalue weighted by Gasteiger charge is 2.33. The molecule has 124 valence electrons. The summed E-state index contributed by atoms with van der Waals surface area (Å²) in [5.41, 5.74) is -0.210. The minimum Gasteiger partial charge on any atom is -0.314 e. The first-order valence-electron chi connectivity index (χ1n) is 6.94. The highest BCUT2D eigenvalue weighted by Crippen LogP contribution is 2.24. The Labute approximate surface area is 136 Å². The van der Waals surface area contributed by atoms with Gasteiger partial charge in [-0.05, 0) is 12.5 Å². The van der Waals surface area contributed by atoms with Crippen LogP contribution in [0.3, 0.4) is 0 Å². The van der Waals surface area contributed by atoms with Crippen LogP contribution in [0.1, 0.15) is 19.8 Å². The van der Waals surface area contributed by atoms with Gasteiger partial charge in [-0.2, -0.15) is 4.31 Å². The average Bonchev–Trinajstić information content (AvgIpc) is 2.48. The fraction of sp³-hybridized carbons (Fsp3) is 0.538. The molecular weight excluding hydrogens is 330 g/mol. The Morgan fingerprint density at radius 1 is 1.45 bits per heavy atom. The lowest BCUT2D eigenvalue weighted by molar-refractivity contribution is -0.385. The number of nitrogens with one attached hydrogen (secondary N) is 1. The topological polar surface area (TPSA) is 92.6 Å². The van der Waals surface area contributed by atoms with Gasteiger partial charge in [-0.1, -0.05) is 19.4 Å². The van der Waals surface area contributed by atoms with Crippen LogP contribution in [0.4, 0.5) is 5.69 Å². The second-order valence-electron chi connectivity index (χ2n) is 5.02. The summed E-state index contributed by atoms with van der Waals surface area (Å²) < 4.78 is 26.9. The average molecular weight is 350 g/mol. The maximum atomic E-state index is 12.7. The smallest absolute Gasteiger partial charge is 0.270 e. The molecule has 1 saturated heterocycles. The van der Waals surface area contributed by atoms with E-state index >= 15 is 0 Å². The standard InChI is InChI=1S/C13H19N3O4S.ClH/c1-2-4-12-10-14-7-8-15(12)21(19,20)13-6-3-5-11(9-13)16(17)18;/h3,5-6,9,12,14H,2,4,7-8,10H2,1H3;1H. The Balaban J connectivity index is 0.00000242. The Kier molecular flexibility index (Phi) is 6.73. The molecule has 1 atom stereocenters. The number of nitrogens with zero attached hydrogens (tertiary/aromatic N) is 2. The monoisotopic (exact) mass is 349 g/mol. The summed E-state index contributed by atoms with van der Waals surface area (Å²) in [6, 6.07) is 5.13. The lowest BCUT2D eigenvalue weighted by Crippen LogP contribution is -2.53. The van der Waals surface area contributed by atoms with Crippen LogP contribution in [0, 0.1) is 10.1 Å². The van der Waals surface area contributed by atoms with Crippen molar-refractivity contribution in [2.75, 3.05) is 19.6 Å². The van der Waals surface area contributed by atoms with Crippen LogP contribution < -0.4 is 5.32 Å². The number of benzene rings is 1. The number of hydrogen-bond donors (Lipinski definition) is 1. The van der Waals surface area contributed by atoms with Gasteiger partial charge in [0.2, 0.25) is 10.0 Å². The maximum Gasteiger partial charge on any atom is 0.270 e. The SMILES string of the molecule is CCCC1CNCCN1S(=O)(=O)c1cccc([N+](=O)[O-])c1.Cl.